The number of aromatic nitrogens is 2. The molecule has 168 valence electrons. The van der Waals surface area contributed by atoms with Crippen LogP contribution in [0.3, 0.4) is 0 Å². The van der Waals surface area contributed by atoms with Gasteiger partial charge in [0.15, 0.2) is 4.77 Å². The minimum atomic E-state index is -4.36. The van der Waals surface area contributed by atoms with Gasteiger partial charge in [0.1, 0.15) is 6.61 Å². The van der Waals surface area contributed by atoms with Crippen molar-refractivity contribution >= 4 is 29.0 Å². The molecule has 2 N–H and O–H groups in total. The van der Waals surface area contributed by atoms with Gasteiger partial charge in [0, 0.05) is 18.7 Å². The number of carbonyl (C=O) groups excluding carboxylic acids is 1. The molecule has 0 aliphatic rings. The molecular weight excluding hydrogens is 443 g/mol. The number of ether oxygens (including phenoxy) is 1. The van der Waals surface area contributed by atoms with E-state index in [1.165, 1.54) is 4.57 Å². The van der Waals surface area contributed by atoms with Crippen molar-refractivity contribution in [2.24, 2.45) is 0 Å². The third kappa shape index (κ3) is 5.92. The summed E-state index contributed by atoms with van der Waals surface area (Å²) in [6.45, 7) is 2.65. The second kappa shape index (κ2) is 9.92. The van der Waals surface area contributed by atoms with Crippen molar-refractivity contribution in [1.82, 2.24) is 14.9 Å². The Kier molecular flexibility index (Phi) is 7.26. The minimum absolute atomic E-state index is 0.154. The van der Waals surface area contributed by atoms with Gasteiger partial charge in [-0.25, -0.2) is 0 Å². The third-order valence-electron chi connectivity index (χ3n) is 4.57. The summed E-state index contributed by atoms with van der Waals surface area (Å²) in [5, 5.41) is 3.17. The Balaban J connectivity index is 1.64. The first kappa shape index (κ1) is 23.4. The molecule has 1 amide bonds. The normalized spacial score (nSPS) is 11.5. The van der Waals surface area contributed by atoms with E-state index in [1.807, 2.05) is 0 Å². The van der Waals surface area contributed by atoms with E-state index >= 15 is 0 Å². The Labute approximate surface area is 186 Å². The molecule has 0 spiro atoms. The first-order chi connectivity index (χ1) is 15.2. The summed E-state index contributed by atoms with van der Waals surface area (Å²) in [5.41, 5.74) is 1.90. The largest absolute Gasteiger partial charge is 0.411 e. The minimum Gasteiger partial charge on any atom is -0.367 e. The van der Waals surface area contributed by atoms with Crippen LogP contribution in [0.25, 0.3) is 10.9 Å². The number of hydrogen-bond donors (Lipinski definition) is 2. The molecule has 3 rings (SSSR count). The van der Waals surface area contributed by atoms with Gasteiger partial charge < -0.3 is 15.0 Å². The smallest absolute Gasteiger partial charge is 0.367 e. The lowest BCUT2D eigenvalue weighted by atomic mass is 10.1. The predicted octanol–water partition coefficient (Wildman–Crippen LogP) is 4.25. The van der Waals surface area contributed by atoms with Gasteiger partial charge in [0.05, 0.1) is 17.5 Å². The molecule has 0 atom stereocenters. The number of amides is 1. The van der Waals surface area contributed by atoms with E-state index < -0.39 is 12.8 Å². The van der Waals surface area contributed by atoms with E-state index in [1.54, 1.807) is 48.5 Å². The number of hydrogen-bond acceptors (Lipinski definition) is 4. The zero-order valence-electron chi connectivity index (χ0n) is 16.9. The van der Waals surface area contributed by atoms with E-state index in [0.29, 0.717) is 22.0 Å². The van der Waals surface area contributed by atoms with Crippen LogP contribution >= 0.6 is 12.2 Å². The third-order valence-corrected chi connectivity index (χ3v) is 4.89. The van der Waals surface area contributed by atoms with Crippen molar-refractivity contribution in [3.8, 4) is 0 Å². The lowest BCUT2D eigenvalue weighted by Crippen LogP contribution is -2.24. The van der Waals surface area contributed by atoms with E-state index in [0.717, 1.165) is 5.56 Å². The number of nitrogens with zero attached hydrogens (tertiary/aromatic N) is 1. The highest BCUT2D eigenvalue weighted by Gasteiger charge is 2.27. The molecule has 0 saturated carbocycles. The molecule has 1 heterocycles. The van der Waals surface area contributed by atoms with Gasteiger partial charge in [-0.3, -0.25) is 14.2 Å². The predicted molar refractivity (Wildman–Crippen MR) is 117 cm³/mol. The van der Waals surface area contributed by atoms with Gasteiger partial charge in [0.2, 0.25) is 0 Å². The van der Waals surface area contributed by atoms with Crippen LogP contribution in [0.4, 0.5) is 13.2 Å². The molecular formula is C22H20F3N3O3S. The van der Waals surface area contributed by atoms with Crippen molar-refractivity contribution in [3.63, 3.8) is 0 Å². The summed E-state index contributed by atoms with van der Waals surface area (Å²) in [5.74, 6) is -0.348. The number of carbonyl (C=O) groups is 1. The van der Waals surface area contributed by atoms with Gasteiger partial charge in [-0.2, -0.15) is 13.2 Å². The maximum atomic E-state index is 12.5. The quantitative estimate of drug-likeness (QED) is 0.387. The fourth-order valence-electron chi connectivity index (χ4n) is 3.01. The number of H-pyrrole nitrogens is 1. The number of nitrogens with one attached hydrogen (secondary N) is 2. The highest BCUT2D eigenvalue weighted by Crippen LogP contribution is 2.16. The number of alkyl halides is 3. The Morgan fingerprint density at radius 3 is 2.53 bits per heavy atom. The summed E-state index contributed by atoms with van der Waals surface area (Å²) in [4.78, 5) is 28.0. The molecule has 1 aromatic heterocycles. The fraction of sp³-hybridized carbons (Fsp3) is 0.227. The van der Waals surface area contributed by atoms with Gasteiger partial charge in [-0.1, -0.05) is 30.3 Å². The maximum absolute atomic E-state index is 12.5. The first-order valence-electron chi connectivity index (χ1n) is 9.56. The van der Waals surface area contributed by atoms with Crippen LogP contribution in [-0.4, -0.2) is 28.2 Å². The molecule has 0 saturated heterocycles. The summed E-state index contributed by atoms with van der Waals surface area (Å²) in [6.07, 6.45) is -2.79. The highest BCUT2D eigenvalue weighted by molar-refractivity contribution is 7.71. The van der Waals surface area contributed by atoms with Crippen LogP contribution in [0.2, 0.25) is 0 Å². The molecule has 3 aromatic rings. The average molecular weight is 463 g/mol. The fourth-order valence-corrected chi connectivity index (χ4v) is 3.28. The Hall–Kier alpha value is -3.24. The number of halogens is 3. The van der Waals surface area contributed by atoms with Gasteiger partial charge in [-0.05, 0) is 41.5 Å². The molecule has 6 nitrogen and oxygen atoms in total. The van der Waals surface area contributed by atoms with Crippen molar-refractivity contribution in [2.75, 3.05) is 6.61 Å². The molecule has 0 aliphatic carbocycles. The molecule has 0 unspecified atom stereocenters. The molecule has 2 aromatic carbocycles. The second-order valence-electron chi connectivity index (χ2n) is 7.00. The molecule has 10 heteroatoms. The van der Waals surface area contributed by atoms with Gasteiger partial charge >= 0.3 is 6.18 Å². The number of allylic oxidation sites excluding steroid dienone is 1. The van der Waals surface area contributed by atoms with Crippen molar-refractivity contribution < 1.29 is 22.7 Å². The topological polar surface area (TPSA) is 76.1 Å². The van der Waals surface area contributed by atoms with Crippen molar-refractivity contribution in [1.29, 1.82) is 0 Å². The van der Waals surface area contributed by atoms with Crippen LogP contribution in [-0.2, 0) is 24.4 Å². The zero-order valence-corrected chi connectivity index (χ0v) is 17.7. The van der Waals surface area contributed by atoms with Crippen LogP contribution in [0, 0.1) is 4.77 Å². The van der Waals surface area contributed by atoms with E-state index in [9.17, 15) is 22.8 Å². The average Bonchev–Trinajstić information content (AvgIpc) is 2.74. The molecule has 0 bridgehead atoms. The monoisotopic (exact) mass is 463 g/mol. The van der Waals surface area contributed by atoms with Gasteiger partial charge in [0.25, 0.3) is 11.5 Å². The summed E-state index contributed by atoms with van der Waals surface area (Å²) in [6, 6.07) is 11.4. The second-order valence-corrected chi connectivity index (χ2v) is 7.39. The van der Waals surface area contributed by atoms with E-state index in [4.69, 9.17) is 12.2 Å². The Bertz CT molecular complexity index is 1250. The van der Waals surface area contributed by atoms with Crippen LogP contribution in [0.1, 0.15) is 21.5 Å². The van der Waals surface area contributed by atoms with Crippen LogP contribution in [0.15, 0.2) is 59.9 Å². The van der Waals surface area contributed by atoms with Gasteiger partial charge in [-0.15, -0.1) is 6.58 Å². The molecule has 32 heavy (non-hydrogen) atoms. The van der Waals surface area contributed by atoms with E-state index in [-0.39, 0.29) is 35.9 Å². The van der Waals surface area contributed by atoms with E-state index in [2.05, 4.69) is 21.6 Å². The van der Waals surface area contributed by atoms with Crippen LogP contribution in [0.5, 0.6) is 0 Å². The lowest BCUT2D eigenvalue weighted by Gasteiger charge is -2.10. The molecule has 0 fully saturated rings. The lowest BCUT2D eigenvalue weighted by molar-refractivity contribution is -0.176. The standard InChI is InChI=1S/C22H20F3N3O3S/c1-2-9-28-20(30)17-8-7-16(10-18(17)27-21(28)32)19(29)26-11-14-3-5-15(6-4-14)12-31-13-22(23,24)25/h2-8,10H,1,9,11-13H2,(H,26,29)(H,27,32). The molecule has 0 aliphatic heterocycles. The van der Waals surface area contributed by atoms with Crippen molar-refractivity contribution in [3.05, 3.63) is 86.9 Å². The number of rotatable bonds is 8. The molecule has 0 radical (unpaired) electrons. The first-order valence-corrected chi connectivity index (χ1v) is 9.97. The summed E-state index contributed by atoms with van der Waals surface area (Å²) < 4.78 is 42.6. The number of benzene rings is 2. The number of fused-ring (bicyclic) bond motifs is 1. The summed E-state index contributed by atoms with van der Waals surface area (Å²) in [7, 11) is 0. The maximum Gasteiger partial charge on any atom is 0.411 e. The zero-order chi connectivity index (χ0) is 23.3. The number of aromatic amines is 1. The Morgan fingerprint density at radius 1 is 1.19 bits per heavy atom. The van der Waals surface area contributed by atoms with Crippen molar-refractivity contribution in [2.45, 2.75) is 25.9 Å². The summed E-state index contributed by atoms with van der Waals surface area (Å²) >= 11 is 5.21. The Morgan fingerprint density at radius 2 is 1.88 bits per heavy atom. The van der Waals surface area contributed by atoms with Crippen LogP contribution < -0.4 is 10.9 Å². The highest BCUT2D eigenvalue weighted by atomic mass is 32.1. The SMILES string of the molecule is C=CCn1c(=S)[nH]c2cc(C(=O)NCc3ccc(COCC(F)(F)F)cc3)ccc2c1=O.